The first-order valence-electron chi connectivity index (χ1n) is 6.47. The smallest absolute Gasteiger partial charge is 0.259 e. The van der Waals surface area contributed by atoms with Crippen LogP contribution in [0.3, 0.4) is 0 Å². The van der Waals surface area contributed by atoms with Gasteiger partial charge >= 0.3 is 0 Å². The minimum Gasteiger partial charge on any atom is -0.489 e. The molecule has 0 saturated heterocycles. The summed E-state index contributed by atoms with van der Waals surface area (Å²) < 4.78 is 18.4. The van der Waals surface area contributed by atoms with Gasteiger partial charge in [0.2, 0.25) is 0 Å². The standard InChI is InChI=1S/C17H13FN2O2/c18-15-6-4-12(5-7-15)11-22-16-3-1-2-13(9-16)8-14(10-19)17(20)21/h1-9H,11H2,(H2,20,21). The Balaban J connectivity index is 2.10. The summed E-state index contributed by atoms with van der Waals surface area (Å²) >= 11 is 0. The SMILES string of the molecule is N#CC(=Cc1cccc(OCc2ccc(F)cc2)c1)C(N)=O. The maximum atomic E-state index is 12.8. The van der Waals surface area contributed by atoms with E-state index in [0.717, 1.165) is 5.56 Å². The van der Waals surface area contributed by atoms with Crippen LogP contribution in [0, 0.1) is 17.1 Å². The van der Waals surface area contributed by atoms with E-state index in [1.807, 2.05) is 0 Å². The number of nitriles is 1. The molecular weight excluding hydrogens is 283 g/mol. The Morgan fingerprint density at radius 3 is 2.64 bits per heavy atom. The van der Waals surface area contributed by atoms with Crippen molar-refractivity contribution in [1.29, 1.82) is 5.26 Å². The molecule has 0 radical (unpaired) electrons. The molecule has 0 aromatic heterocycles. The van der Waals surface area contributed by atoms with Gasteiger partial charge in [0.15, 0.2) is 0 Å². The number of carbonyl (C=O) groups excluding carboxylic acids is 1. The van der Waals surface area contributed by atoms with Gasteiger partial charge in [0.1, 0.15) is 29.8 Å². The zero-order chi connectivity index (χ0) is 15.9. The predicted octanol–water partition coefficient (Wildman–Crippen LogP) is 2.80. The molecule has 2 rings (SSSR count). The third-order valence-corrected chi connectivity index (χ3v) is 2.87. The number of primary amides is 1. The van der Waals surface area contributed by atoms with Crippen molar-refractivity contribution < 1.29 is 13.9 Å². The van der Waals surface area contributed by atoms with Crippen LogP contribution < -0.4 is 10.5 Å². The maximum Gasteiger partial charge on any atom is 0.259 e. The molecule has 5 heteroatoms. The first kappa shape index (κ1) is 15.3. The summed E-state index contributed by atoms with van der Waals surface area (Å²) in [5.74, 6) is -0.508. The molecule has 0 saturated carbocycles. The van der Waals surface area contributed by atoms with Crippen molar-refractivity contribution in [3.8, 4) is 11.8 Å². The van der Waals surface area contributed by atoms with Gasteiger partial charge in [-0.1, -0.05) is 24.3 Å². The molecule has 0 aliphatic heterocycles. The average molecular weight is 296 g/mol. The van der Waals surface area contributed by atoms with Gasteiger partial charge in [0.25, 0.3) is 5.91 Å². The molecule has 2 aromatic rings. The molecule has 1 amide bonds. The van der Waals surface area contributed by atoms with Crippen molar-refractivity contribution >= 4 is 12.0 Å². The van der Waals surface area contributed by atoms with Crippen molar-refractivity contribution in [2.24, 2.45) is 5.73 Å². The summed E-state index contributed by atoms with van der Waals surface area (Å²) in [7, 11) is 0. The van der Waals surface area contributed by atoms with Crippen molar-refractivity contribution in [3.05, 3.63) is 71.0 Å². The number of benzene rings is 2. The lowest BCUT2D eigenvalue weighted by Crippen LogP contribution is -2.12. The summed E-state index contributed by atoms with van der Waals surface area (Å²) in [6, 6.07) is 14.6. The van der Waals surface area contributed by atoms with Crippen LogP contribution >= 0.6 is 0 Å². The lowest BCUT2D eigenvalue weighted by Gasteiger charge is -2.07. The van der Waals surface area contributed by atoms with Crippen LogP contribution in [0.25, 0.3) is 6.08 Å². The summed E-state index contributed by atoms with van der Waals surface area (Å²) in [5, 5.41) is 8.82. The van der Waals surface area contributed by atoms with Crippen LogP contribution in [0.4, 0.5) is 4.39 Å². The monoisotopic (exact) mass is 296 g/mol. The maximum absolute atomic E-state index is 12.8. The minimum absolute atomic E-state index is 0.129. The zero-order valence-corrected chi connectivity index (χ0v) is 11.6. The van der Waals surface area contributed by atoms with Gasteiger partial charge in [0.05, 0.1) is 0 Å². The Hall–Kier alpha value is -3.13. The van der Waals surface area contributed by atoms with Gasteiger partial charge in [-0.2, -0.15) is 5.26 Å². The number of hydrogen-bond acceptors (Lipinski definition) is 3. The number of rotatable bonds is 5. The lowest BCUT2D eigenvalue weighted by atomic mass is 10.1. The van der Waals surface area contributed by atoms with Crippen LogP contribution in [0.15, 0.2) is 54.1 Å². The van der Waals surface area contributed by atoms with Gasteiger partial charge in [-0.25, -0.2) is 4.39 Å². The van der Waals surface area contributed by atoms with E-state index in [-0.39, 0.29) is 18.0 Å². The number of amides is 1. The second kappa shape index (κ2) is 7.04. The largest absolute Gasteiger partial charge is 0.489 e. The quantitative estimate of drug-likeness (QED) is 0.681. The van der Waals surface area contributed by atoms with Gasteiger partial charge in [-0.05, 0) is 41.5 Å². The fourth-order valence-corrected chi connectivity index (χ4v) is 1.77. The highest BCUT2D eigenvalue weighted by molar-refractivity contribution is 6.00. The summed E-state index contributed by atoms with van der Waals surface area (Å²) in [6.07, 6.45) is 1.40. The number of nitrogens with two attached hydrogens (primary N) is 1. The van der Waals surface area contributed by atoms with E-state index >= 15 is 0 Å². The van der Waals surface area contributed by atoms with E-state index in [9.17, 15) is 9.18 Å². The van der Waals surface area contributed by atoms with Crippen LogP contribution in [0.1, 0.15) is 11.1 Å². The number of ether oxygens (including phenoxy) is 1. The minimum atomic E-state index is -0.778. The molecule has 0 atom stereocenters. The van der Waals surface area contributed by atoms with Crippen LogP contribution in [0.2, 0.25) is 0 Å². The fourth-order valence-electron chi connectivity index (χ4n) is 1.77. The molecule has 0 bridgehead atoms. The van der Waals surface area contributed by atoms with Gasteiger partial charge < -0.3 is 10.5 Å². The molecule has 0 aliphatic rings. The van der Waals surface area contributed by atoms with E-state index in [1.165, 1.54) is 18.2 Å². The molecule has 22 heavy (non-hydrogen) atoms. The third-order valence-electron chi connectivity index (χ3n) is 2.87. The van der Waals surface area contributed by atoms with E-state index in [2.05, 4.69) is 0 Å². The van der Waals surface area contributed by atoms with Crippen LogP contribution in [0.5, 0.6) is 5.75 Å². The van der Waals surface area contributed by atoms with Crippen molar-refractivity contribution in [3.63, 3.8) is 0 Å². The topological polar surface area (TPSA) is 76.1 Å². The van der Waals surface area contributed by atoms with Crippen molar-refractivity contribution in [2.45, 2.75) is 6.61 Å². The Morgan fingerprint density at radius 1 is 1.27 bits per heavy atom. The summed E-state index contributed by atoms with van der Waals surface area (Å²) in [5.41, 5.74) is 6.42. The summed E-state index contributed by atoms with van der Waals surface area (Å²) in [4.78, 5) is 11.0. The molecule has 0 unspecified atom stereocenters. The van der Waals surface area contributed by atoms with Gasteiger partial charge in [0, 0.05) is 0 Å². The lowest BCUT2D eigenvalue weighted by molar-refractivity contribution is -0.114. The Morgan fingerprint density at radius 2 is 2.00 bits per heavy atom. The zero-order valence-electron chi connectivity index (χ0n) is 11.6. The fraction of sp³-hybridized carbons (Fsp3) is 0.0588. The Bertz CT molecular complexity index is 746. The first-order valence-corrected chi connectivity index (χ1v) is 6.47. The Kier molecular flexibility index (Phi) is 4.89. The molecule has 0 spiro atoms. The van der Waals surface area contributed by atoms with Crippen LogP contribution in [-0.4, -0.2) is 5.91 Å². The van der Waals surface area contributed by atoms with E-state index in [1.54, 1.807) is 42.5 Å². The molecule has 0 aliphatic carbocycles. The number of halogens is 1. The van der Waals surface area contributed by atoms with Gasteiger partial charge in [-0.15, -0.1) is 0 Å². The van der Waals surface area contributed by atoms with E-state index < -0.39 is 5.91 Å². The molecule has 4 nitrogen and oxygen atoms in total. The molecule has 0 heterocycles. The average Bonchev–Trinajstić information content (AvgIpc) is 2.52. The molecule has 2 N–H and O–H groups in total. The van der Waals surface area contributed by atoms with Crippen molar-refractivity contribution in [1.82, 2.24) is 0 Å². The van der Waals surface area contributed by atoms with Crippen LogP contribution in [-0.2, 0) is 11.4 Å². The number of hydrogen-bond donors (Lipinski definition) is 1. The second-order valence-electron chi connectivity index (χ2n) is 4.52. The number of carbonyl (C=O) groups is 1. The third kappa shape index (κ3) is 4.18. The van der Waals surface area contributed by atoms with E-state index in [0.29, 0.717) is 11.3 Å². The summed E-state index contributed by atoms with van der Waals surface area (Å²) in [6.45, 7) is 0.286. The normalized spacial score (nSPS) is 10.8. The van der Waals surface area contributed by atoms with Gasteiger partial charge in [-0.3, -0.25) is 4.79 Å². The molecule has 0 fully saturated rings. The number of nitrogens with zero attached hydrogens (tertiary/aromatic N) is 1. The Labute approximate surface area is 127 Å². The van der Waals surface area contributed by atoms with Crippen molar-refractivity contribution in [2.75, 3.05) is 0 Å². The second-order valence-corrected chi connectivity index (χ2v) is 4.52. The molecule has 110 valence electrons. The highest BCUT2D eigenvalue weighted by Gasteiger charge is 2.04. The highest BCUT2D eigenvalue weighted by atomic mass is 19.1. The first-order chi connectivity index (χ1) is 10.6. The predicted molar refractivity (Wildman–Crippen MR) is 80.0 cm³/mol. The van der Waals surface area contributed by atoms with E-state index in [4.69, 9.17) is 15.7 Å². The molecule has 2 aromatic carbocycles. The molecular formula is C17H13FN2O2. The highest BCUT2D eigenvalue weighted by Crippen LogP contribution is 2.17.